The fourth-order valence-corrected chi connectivity index (χ4v) is 2.56. The maximum atomic E-state index is 6.06. The zero-order chi connectivity index (χ0) is 14.5. The quantitative estimate of drug-likeness (QED) is 0.829. The van der Waals surface area contributed by atoms with E-state index < -0.39 is 0 Å². The van der Waals surface area contributed by atoms with Gasteiger partial charge in [-0.15, -0.1) is 0 Å². The summed E-state index contributed by atoms with van der Waals surface area (Å²) in [6.45, 7) is 7.34. The van der Waals surface area contributed by atoms with Gasteiger partial charge in [0.25, 0.3) is 0 Å². The predicted octanol–water partition coefficient (Wildman–Crippen LogP) is 3.34. The minimum absolute atomic E-state index is 0.170. The van der Waals surface area contributed by atoms with Crippen LogP contribution < -0.4 is 10.1 Å². The second-order valence-corrected chi connectivity index (χ2v) is 5.85. The Balaban J connectivity index is 1.92. The first kappa shape index (κ1) is 15.3. The van der Waals surface area contributed by atoms with Crippen LogP contribution in [0.25, 0.3) is 0 Å². The minimum Gasteiger partial charge on any atom is -0.488 e. The summed E-state index contributed by atoms with van der Waals surface area (Å²) in [6.07, 6.45) is 2.40. The van der Waals surface area contributed by atoms with Crippen molar-refractivity contribution >= 4 is 0 Å². The summed E-state index contributed by atoms with van der Waals surface area (Å²) in [5, 5.41) is 3.30. The van der Waals surface area contributed by atoms with Crippen LogP contribution in [-0.2, 0) is 4.74 Å². The second kappa shape index (κ2) is 7.09. The van der Waals surface area contributed by atoms with Crippen molar-refractivity contribution < 1.29 is 9.47 Å². The van der Waals surface area contributed by atoms with Crippen LogP contribution in [0.15, 0.2) is 24.3 Å². The third kappa shape index (κ3) is 3.53. The molecule has 0 amide bonds. The summed E-state index contributed by atoms with van der Waals surface area (Å²) in [6, 6.07) is 8.85. The SMILES string of the molecule is CCCOC1C(NC)CC1Oc1ccc(C(C)C)cc1. The molecule has 3 heteroatoms. The lowest BCUT2D eigenvalue weighted by atomic mass is 9.85. The Morgan fingerprint density at radius 2 is 1.95 bits per heavy atom. The Morgan fingerprint density at radius 1 is 1.25 bits per heavy atom. The van der Waals surface area contributed by atoms with Gasteiger partial charge in [0.2, 0.25) is 0 Å². The number of hydrogen-bond donors (Lipinski definition) is 1. The summed E-state index contributed by atoms with van der Waals surface area (Å²) in [5.41, 5.74) is 1.35. The van der Waals surface area contributed by atoms with E-state index in [1.54, 1.807) is 0 Å². The molecule has 3 nitrogen and oxygen atoms in total. The average molecular weight is 277 g/mol. The molecule has 20 heavy (non-hydrogen) atoms. The van der Waals surface area contributed by atoms with Crippen molar-refractivity contribution in [3.05, 3.63) is 29.8 Å². The first-order valence-corrected chi connectivity index (χ1v) is 7.71. The molecule has 2 rings (SSSR count). The number of benzene rings is 1. The van der Waals surface area contributed by atoms with Crippen molar-refractivity contribution in [3.8, 4) is 5.75 Å². The lowest BCUT2D eigenvalue weighted by Crippen LogP contribution is -2.60. The Hall–Kier alpha value is -1.06. The molecule has 1 aliphatic rings. The normalized spacial score (nSPS) is 25.6. The molecule has 0 aliphatic heterocycles. The number of rotatable bonds is 7. The van der Waals surface area contributed by atoms with Crippen LogP contribution in [0.1, 0.15) is 45.1 Å². The fourth-order valence-electron chi connectivity index (χ4n) is 2.56. The highest BCUT2D eigenvalue weighted by molar-refractivity contribution is 5.29. The Morgan fingerprint density at radius 3 is 2.50 bits per heavy atom. The van der Waals surface area contributed by atoms with E-state index in [9.17, 15) is 0 Å². The Labute approximate surface area is 122 Å². The molecule has 1 saturated carbocycles. The van der Waals surface area contributed by atoms with E-state index in [-0.39, 0.29) is 12.2 Å². The van der Waals surface area contributed by atoms with Gasteiger partial charge in [0.05, 0.1) is 0 Å². The highest BCUT2D eigenvalue weighted by Crippen LogP contribution is 2.29. The molecule has 1 aromatic rings. The third-order valence-electron chi connectivity index (χ3n) is 3.97. The van der Waals surface area contributed by atoms with Gasteiger partial charge >= 0.3 is 0 Å². The van der Waals surface area contributed by atoms with Crippen LogP contribution in [0.2, 0.25) is 0 Å². The largest absolute Gasteiger partial charge is 0.488 e. The number of nitrogens with one attached hydrogen (secondary N) is 1. The zero-order valence-electron chi connectivity index (χ0n) is 13.1. The van der Waals surface area contributed by atoms with Crippen molar-refractivity contribution in [2.24, 2.45) is 0 Å². The van der Waals surface area contributed by atoms with Crippen LogP contribution in [0.4, 0.5) is 0 Å². The summed E-state index contributed by atoms with van der Waals surface area (Å²) in [7, 11) is 1.99. The molecule has 0 saturated heterocycles. The highest BCUT2D eigenvalue weighted by atomic mass is 16.5. The molecule has 0 radical (unpaired) electrons. The van der Waals surface area contributed by atoms with Crippen LogP contribution in [-0.4, -0.2) is 31.9 Å². The van der Waals surface area contributed by atoms with Crippen LogP contribution >= 0.6 is 0 Å². The van der Waals surface area contributed by atoms with E-state index >= 15 is 0 Å². The molecular weight excluding hydrogens is 250 g/mol. The highest BCUT2D eigenvalue weighted by Gasteiger charge is 2.42. The topological polar surface area (TPSA) is 30.5 Å². The molecular formula is C17H27NO2. The lowest BCUT2D eigenvalue weighted by Gasteiger charge is -2.43. The maximum Gasteiger partial charge on any atom is 0.128 e. The van der Waals surface area contributed by atoms with Gasteiger partial charge in [0.15, 0.2) is 0 Å². The molecule has 3 unspecified atom stereocenters. The predicted molar refractivity (Wildman–Crippen MR) is 82.4 cm³/mol. The molecule has 0 aromatic heterocycles. The number of ether oxygens (including phenoxy) is 2. The van der Waals surface area contributed by atoms with Gasteiger partial charge in [-0.3, -0.25) is 0 Å². The van der Waals surface area contributed by atoms with Gasteiger partial charge in [-0.25, -0.2) is 0 Å². The van der Waals surface area contributed by atoms with E-state index in [1.165, 1.54) is 5.56 Å². The lowest BCUT2D eigenvalue weighted by molar-refractivity contribution is -0.106. The molecule has 1 aromatic carbocycles. The third-order valence-corrected chi connectivity index (χ3v) is 3.97. The maximum absolute atomic E-state index is 6.06. The van der Waals surface area contributed by atoms with Gasteiger partial charge < -0.3 is 14.8 Å². The molecule has 0 bridgehead atoms. The zero-order valence-corrected chi connectivity index (χ0v) is 13.1. The van der Waals surface area contributed by atoms with Gasteiger partial charge in [-0.2, -0.15) is 0 Å². The first-order valence-electron chi connectivity index (χ1n) is 7.71. The first-order chi connectivity index (χ1) is 9.65. The molecule has 1 aliphatic carbocycles. The second-order valence-electron chi connectivity index (χ2n) is 5.85. The van der Waals surface area contributed by atoms with E-state index in [4.69, 9.17) is 9.47 Å². The molecule has 112 valence electrons. The molecule has 3 atom stereocenters. The van der Waals surface area contributed by atoms with Crippen molar-refractivity contribution in [1.82, 2.24) is 5.32 Å². The van der Waals surface area contributed by atoms with E-state index in [2.05, 4.69) is 50.4 Å². The van der Waals surface area contributed by atoms with E-state index in [0.717, 1.165) is 25.2 Å². The van der Waals surface area contributed by atoms with Crippen LogP contribution in [0.3, 0.4) is 0 Å². The van der Waals surface area contributed by atoms with Gasteiger partial charge in [0, 0.05) is 19.1 Å². The monoisotopic (exact) mass is 277 g/mol. The van der Waals surface area contributed by atoms with Crippen molar-refractivity contribution in [1.29, 1.82) is 0 Å². The summed E-state index contributed by atoms with van der Waals surface area (Å²) < 4.78 is 12.0. The van der Waals surface area contributed by atoms with E-state index in [1.807, 2.05) is 7.05 Å². The smallest absolute Gasteiger partial charge is 0.128 e. The fraction of sp³-hybridized carbons (Fsp3) is 0.647. The molecule has 1 fully saturated rings. The van der Waals surface area contributed by atoms with Gasteiger partial charge in [-0.1, -0.05) is 32.9 Å². The summed E-state index contributed by atoms with van der Waals surface area (Å²) in [4.78, 5) is 0. The number of hydrogen-bond acceptors (Lipinski definition) is 3. The Bertz CT molecular complexity index is 402. The Kier molecular flexibility index (Phi) is 5.44. The summed E-state index contributed by atoms with van der Waals surface area (Å²) in [5.74, 6) is 1.50. The molecule has 1 N–H and O–H groups in total. The van der Waals surface area contributed by atoms with Crippen LogP contribution in [0.5, 0.6) is 5.75 Å². The number of likely N-dealkylation sites (N-methyl/N-ethyl adjacent to an activating group) is 1. The molecule has 0 spiro atoms. The van der Waals surface area contributed by atoms with Gasteiger partial charge in [-0.05, 0) is 37.1 Å². The minimum atomic E-state index is 0.170. The van der Waals surface area contributed by atoms with E-state index in [0.29, 0.717) is 12.0 Å². The van der Waals surface area contributed by atoms with Crippen molar-refractivity contribution in [2.75, 3.05) is 13.7 Å². The standard InChI is InChI=1S/C17H27NO2/c1-5-10-19-17-15(18-4)11-16(17)20-14-8-6-13(7-9-14)12(2)3/h6-9,12,15-18H,5,10-11H2,1-4H3. The average Bonchev–Trinajstić information content (AvgIpc) is 2.44. The van der Waals surface area contributed by atoms with Crippen molar-refractivity contribution in [3.63, 3.8) is 0 Å². The van der Waals surface area contributed by atoms with Gasteiger partial charge in [0.1, 0.15) is 18.0 Å². The molecule has 0 heterocycles. The van der Waals surface area contributed by atoms with Crippen molar-refractivity contribution in [2.45, 2.75) is 57.8 Å². The van der Waals surface area contributed by atoms with Crippen LogP contribution in [0, 0.1) is 0 Å². The summed E-state index contributed by atoms with van der Waals surface area (Å²) >= 11 is 0.